The van der Waals surface area contributed by atoms with Crippen LogP contribution in [0.5, 0.6) is 0 Å². The van der Waals surface area contributed by atoms with E-state index in [1.807, 2.05) is 61.6 Å². The summed E-state index contributed by atoms with van der Waals surface area (Å²) in [6, 6.07) is 0. The molecule has 0 aromatic rings. The van der Waals surface area contributed by atoms with Gasteiger partial charge in [0.1, 0.15) is 43.2 Å². The SMILES string of the molecule is CC/C=C\C(O)C/C=C/C=C\C/C=C\C/C=C\CCCC(=O)O[C@H](COC(=O)CCCCCCC/C=C\C/C=C\CCCCC)COP(=O)(O)O[C@H]1C(O)C(O)C(O)[C@@H](OP(=O)(O)O)C1O. The lowest BCUT2D eigenvalue weighted by Gasteiger charge is -2.43. The molecule has 8 N–H and O–H groups in total. The number of aliphatic hydroxyl groups is 5. The molecule has 66 heavy (non-hydrogen) atoms. The molecule has 6 unspecified atom stereocenters. The Morgan fingerprint density at radius 3 is 1.73 bits per heavy atom. The molecule has 0 radical (unpaired) electrons. The van der Waals surface area contributed by atoms with Gasteiger partial charge in [-0.25, -0.2) is 9.13 Å². The molecule has 1 aliphatic rings. The highest BCUT2D eigenvalue weighted by molar-refractivity contribution is 7.47. The molecule has 0 heterocycles. The van der Waals surface area contributed by atoms with Gasteiger partial charge in [0.2, 0.25) is 0 Å². The number of esters is 2. The molecule has 19 heteroatoms. The van der Waals surface area contributed by atoms with Gasteiger partial charge in [0, 0.05) is 12.8 Å². The number of ether oxygens (including phenoxy) is 2. The van der Waals surface area contributed by atoms with Crippen LogP contribution in [-0.2, 0) is 41.8 Å². The third kappa shape index (κ3) is 31.2. The van der Waals surface area contributed by atoms with Gasteiger partial charge in [-0.2, -0.15) is 0 Å². The van der Waals surface area contributed by atoms with Crippen LogP contribution in [0.4, 0.5) is 0 Å². The molecule has 17 nitrogen and oxygen atoms in total. The Hall–Kier alpha value is -2.86. The fourth-order valence-electron chi connectivity index (χ4n) is 6.40. The Balaban J connectivity index is 2.68. The van der Waals surface area contributed by atoms with E-state index in [2.05, 4.69) is 35.8 Å². The molecular formula is C47H78O17P2. The van der Waals surface area contributed by atoms with E-state index < -0.39 is 89.6 Å². The topological polar surface area (TPSA) is 276 Å². The summed E-state index contributed by atoms with van der Waals surface area (Å²) in [5.41, 5.74) is 0. The summed E-state index contributed by atoms with van der Waals surface area (Å²) in [5, 5.41) is 51.0. The van der Waals surface area contributed by atoms with E-state index in [0.717, 1.165) is 57.8 Å². The number of aliphatic hydroxyl groups excluding tert-OH is 5. The first-order chi connectivity index (χ1) is 31.5. The zero-order valence-electron chi connectivity index (χ0n) is 38.7. The molecule has 0 spiro atoms. The molecule has 0 aliphatic heterocycles. The van der Waals surface area contributed by atoms with E-state index in [1.165, 1.54) is 19.3 Å². The zero-order valence-corrected chi connectivity index (χ0v) is 40.5. The first-order valence-corrected chi connectivity index (χ1v) is 26.3. The molecule has 0 saturated heterocycles. The molecule has 378 valence electrons. The summed E-state index contributed by atoms with van der Waals surface area (Å²) in [5.74, 6) is -1.32. The van der Waals surface area contributed by atoms with Crippen LogP contribution in [0.15, 0.2) is 85.1 Å². The second-order valence-electron chi connectivity index (χ2n) is 15.9. The van der Waals surface area contributed by atoms with Gasteiger partial charge in [-0.15, -0.1) is 0 Å². The van der Waals surface area contributed by atoms with Crippen LogP contribution in [-0.4, -0.2) is 114 Å². The predicted molar refractivity (Wildman–Crippen MR) is 251 cm³/mol. The molecule has 1 rings (SSSR count). The van der Waals surface area contributed by atoms with Crippen molar-refractivity contribution in [1.29, 1.82) is 0 Å². The maximum Gasteiger partial charge on any atom is 0.472 e. The quantitative estimate of drug-likeness (QED) is 0.00979. The van der Waals surface area contributed by atoms with E-state index >= 15 is 0 Å². The number of allylic oxidation sites excluding steroid dienone is 12. The van der Waals surface area contributed by atoms with Crippen LogP contribution in [0, 0.1) is 0 Å². The normalized spacial score (nSPS) is 22.8. The average Bonchev–Trinajstić information content (AvgIpc) is 3.27. The Morgan fingerprint density at radius 2 is 1.11 bits per heavy atom. The van der Waals surface area contributed by atoms with E-state index in [4.69, 9.17) is 28.3 Å². The first kappa shape index (κ1) is 61.2. The number of rotatable bonds is 37. The number of hydrogen-bond donors (Lipinski definition) is 8. The molecule has 1 aliphatic carbocycles. The lowest BCUT2D eigenvalue weighted by atomic mass is 9.85. The minimum Gasteiger partial charge on any atom is -0.462 e. The average molecular weight is 977 g/mol. The number of carbonyl (C=O) groups is 2. The van der Waals surface area contributed by atoms with Gasteiger partial charge in [0.15, 0.2) is 6.10 Å². The Morgan fingerprint density at radius 1 is 0.576 bits per heavy atom. The molecule has 9 atom stereocenters. The van der Waals surface area contributed by atoms with Gasteiger partial charge in [-0.3, -0.25) is 23.2 Å². The standard InChI is InChI=1S/C47H78O17P2/c1-3-5-7-8-9-10-11-12-13-14-18-21-24-27-30-34-40(49)60-36-39(37-61-66(58,59)64-47-44(53)42(51)43(52)46(45(47)54)63-65(55,56)57)62-41(50)35-31-28-25-22-19-16-15-17-20-23-26-29-33-38(48)32-6-4-2/h6,9-10,12-13,15-16,20,22-23,25-26,29,32,38-39,42-48,51-54H,3-5,7-8,11,14,17-19,21,24,27-28,30-31,33-37H2,1-2H3,(H,58,59)(H2,55,56,57)/b10-9-,13-12-,16-15-,23-20-,25-22-,29-26+,32-6-/t38?,39-,42?,43?,44?,45?,46-,47+/m1/s1. The van der Waals surface area contributed by atoms with Crippen molar-refractivity contribution in [2.45, 2.75) is 185 Å². The highest BCUT2D eigenvalue weighted by Gasteiger charge is 2.54. The summed E-state index contributed by atoms with van der Waals surface area (Å²) in [4.78, 5) is 54.2. The zero-order chi connectivity index (χ0) is 49.1. The van der Waals surface area contributed by atoms with Crippen molar-refractivity contribution in [3.05, 3.63) is 85.1 Å². The molecule has 0 aromatic carbocycles. The van der Waals surface area contributed by atoms with Gasteiger partial charge in [0.25, 0.3) is 0 Å². The Bertz CT molecular complexity index is 1620. The Kier molecular flexibility index (Phi) is 34.4. The lowest BCUT2D eigenvalue weighted by molar-refractivity contribution is -0.216. The highest BCUT2D eigenvalue weighted by atomic mass is 31.2. The van der Waals surface area contributed by atoms with Crippen LogP contribution >= 0.6 is 15.6 Å². The molecular weight excluding hydrogens is 898 g/mol. The maximum atomic E-state index is 13.0. The molecule has 0 amide bonds. The number of hydrogen-bond acceptors (Lipinski definition) is 14. The summed E-state index contributed by atoms with van der Waals surface area (Å²) >= 11 is 0. The van der Waals surface area contributed by atoms with Crippen molar-refractivity contribution in [2.75, 3.05) is 13.2 Å². The van der Waals surface area contributed by atoms with Crippen molar-refractivity contribution in [3.63, 3.8) is 0 Å². The van der Waals surface area contributed by atoms with E-state index in [9.17, 15) is 49.1 Å². The molecule has 1 fully saturated rings. The first-order valence-electron chi connectivity index (χ1n) is 23.2. The monoisotopic (exact) mass is 976 g/mol. The van der Waals surface area contributed by atoms with Crippen molar-refractivity contribution in [1.82, 2.24) is 0 Å². The van der Waals surface area contributed by atoms with Crippen LogP contribution in [0.3, 0.4) is 0 Å². The van der Waals surface area contributed by atoms with Gasteiger partial charge in [0.05, 0.1) is 12.7 Å². The molecule has 1 saturated carbocycles. The predicted octanol–water partition coefficient (Wildman–Crippen LogP) is 7.58. The van der Waals surface area contributed by atoms with Gasteiger partial charge >= 0.3 is 27.6 Å². The van der Waals surface area contributed by atoms with Gasteiger partial charge in [-0.1, -0.05) is 131 Å². The van der Waals surface area contributed by atoms with E-state index in [-0.39, 0.29) is 12.8 Å². The van der Waals surface area contributed by atoms with Gasteiger partial charge < -0.3 is 49.7 Å². The van der Waals surface area contributed by atoms with Crippen LogP contribution < -0.4 is 0 Å². The fraction of sp³-hybridized carbons (Fsp3) is 0.660. The largest absolute Gasteiger partial charge is 0.472 e. The minimum atomic E-state index is -5.38. The van der Waals surface area contributed by atoms with Crippen molar-refractivity contribution in [2.24, 2.45) is 0 Å². The highest BCUT2D eigenvalue weighted by Crippen LogP contribution is 2.49. The second-order valence-corrected chi connectivity index (χ2v) is 18.5. The van der Waals surface area contributed by atoms with Crippen LogP contribution in [0.2, 0.25) is 0 Å². The number of unbranched alkanes of at least 4 members (excludes halogenated alkanes) is 9. The number of carbonyl (C=O) groups excluding carboxylic acids is 2. The second kappa shape index (κ2) is 37.1. The number of phosphoric ester groups is 2. The summed E-state index contributed by atoms with van der Waals surface area (Å²) in [6.45, 7) is 2.77. The summed E-state index contributed by atoms with van der Waals surface area (Å²) in [6.07, 6.45) is 27.4. The smallest absolute Gasteiger partial charge is 0.462 e. The summed E-state index contributed by atoms with van der Waals surface area (Å²) in [7, 11) is -10.7. The Labute approximate surface area is 391 Å². The van der Waals surface area contributed by atoms with Crippen molar-refractivity contribution >= 4 is 27.6 Å². The van der Waals surface area contributed by atoms with Crippen LogP contribution in [0.1, 0.15) is 136 Å². The maximum absolute atomic E-state index is 13.0. The minimum absolute atomic E-state index is 0.0598. The molecule has 0 bridgehead atoms. The number of phosphoric acid groups is 2. The summed E-state index contributed by atoms with van der Waals surface area (Å²) < 4.78 is 49.2. The third-order valence-electron chi connectivity index (χ3n) is 10.0. The lowest BCUT2D eigenvalue weighted by Crippen LogP contribution is -2.64. The fourth-order valence-corrected chi connectivity index (χ4v) is 7.94. The van der Waals surface area contributed by atoms with Crippen molar-refractivity contribution in [3.8, 4) is 0 Å². The third-order valence-corrected chi connectivity index (χ3v) is 11.5. The molecule has 0 aromatic heterocycles. The van der Waals surface area contributed by atoms with Crippen molar-refractivity contribution < 1.29 is 82.0 Å². The van der Waals surface area contributed by atoms with Crippen LogP contribution in [0.25, 0.3) is 0 Å². The van der Waals surface area contributed by atoms with E-state index in [1.54, 1.807) is 6.08 Å². The van der Waals surface area contributed by atoms with E-state index in [0.29, 0.717) is 32.1 Å². The van der Waals surface area contributed by atoms with Gasteiger partial charge in [-0.05, 0) is 77.0 Å².